The monoisotopic (exact) mass is 284 g/mol. The van der Waals surface area contributed by atoms with Gasteiger partial charge in [0.25, 0.3) is 0 Å². The number of fused-ring (bicyclic) bond motifs is 1. The van der Waals surface area contributed by atoms with Crippen LogP contribution in [0.5, 0.6) is 5.75 Å². The molecule has 0 aromatic heterocycles. The summed E-state index contributed by atoms with van der Waals surface area (Å²) in [6.45, 7) is 1.03. The second kappa shape index (κ2) is 6.29. The van der Waals surface area contributed by atoms with Crippen molar-refractivity contribution in [3.63, 3.8) is 0 Å². The smallest absolute Gasteiger partial charge is 0.125 e. The van der Waals surface area contributed by atoms with E-state index in [1.807, 2.05) is 36.4 Å². The summed E-state index contributed by atoms with van der Waals surface area (Å²) in [6.07, 6.45) is 0.391. The average Bonchev–Trinajstić information content (AvgIpc) is 2.49. The van der Waals surface area contributed by atoms with E-state index in [4.69, 9.17) is 9.47 Å². The van der Waals surface area contributed by atoms with Gasteiger partial charge in [-0.15, -0.1) is 0 Å². The molecule has 2 aromatic carbocycles. The highest BCUT2D eigenvalue weighted by molar-refractivity contribution is 5.45. The fourth-order valence-electron chi connectivity index (χ4n) is 2.89. The molecule has 0 saturated heterocycles. The summed E-state index contributed by atoms with van der Waals surface area (Å²) in [6, 6.07) is 16.0. The van der Waals surface area contributed by atoms with E-state index in [0.717, 1.165) is 17.7 Å². The summed E-state index contributed by atoms with van der Waals surface area (Å²) >= 11 is 0. The molecule has 3 heteroatoms. The van der Waals surface area contributed by atoms with Gasteiger partial charge in [-0.1, -0.05) is 42.5 Å². The maximum atomic E-state index is 10.7. The maximum Gasteiger partial charge on any atom is 0.125 e. The quantitative estimate of drug-likeness (QED) is 0.828. The van der Waals surface area contributed by atoms with Crippen LogP contribution in [0.1, 0.15) is 28.7 Å². The van der Waals surface area contributed by atoms with Crippen molar-refractivity contribution in [2.24, 2.45) is 0 Å². The summed E-state index contributed by atoms with van der Waals surface area (Å²) in [5, 5.41) is 10.7. The topological polar surface area (TPSA) is 38.7 Å². The minimum atomic E-state index is -0.529. The zero-order valence-electron chi connectivity index (χ0n) is 12.2. The van der Waals surface area contributed by atoms with Gasteiger partial charge in [-0.2, -0.15) is 0 Å². The Morgan fingerprint density at radius 3 is 2.67 bits per heavy atom. The molecule has 0 bridgehead atoms. The number of methoxy groups -OCH3 is 1. The van der Waals surface area contributed by atoms with Gasteiger partial charge in [0.15, 0.2) is 0 Å². The fraction of sp³-hybridized carbons (Fsp3) is 0.333. The second-order valence-electron chi connectivity index (χ2n) is 5.33. The molecule has 3 nitrogen and oxygen atoms in total. The van der Waals surface area contributed by atoms with Crippen molar-refractivity contribution in [2.75, 3.05) is 20.3 Å². The highest BCUT2D eigenvalue weighted by atomic mass is 16.5. The predicted octanol–water partition coefficient (Wildman–Crippen LogP) is 3.09. The Bertz CT molecular complexity index is 609. The van der Waals surface area contributed by atoms with Crippen LogP contribution in [0, 0.1) is 0 Å². The van der Waals surface area contributed by atoms with Gasteiger partial charge in [0.1, 0.15) is 12.4 Å². The van der Waals surface area contributed by atoms with Crippen LogP contribution < -0.4 is 4.74 Å². The first kappa shape index (κ1) is 14.1. The highest BCUT2D eigenvalue weighted by Crippen LogP contribution is 2.45. The SMILES string of the molecule is COCCOc1ccccc1C(O)C1Cc2ccccc21. The predicted molar refractivity (Wildman–Crippen MR) is 81.7 cm³/mol. The van der Waals surface area contributed by atoms with Crippen LogP contribution in [-0.4, -0.2) is 25.4 Å². The Kier molecular flexibility index (Phi) is 4.23. The number of ether oxygens (including phenoxy) is 2. The molecular formula is C18H20O3. The Balaban J connectivity index is 1.78. The molecular weight excluding hydrogens is 264 g/mol. The number of rotatable bonds is 6. The lowest BCUT2D eigenvalue weighted by atomic mass is 9.73. The fourth-order valence-corrected chi connectivity index (χ4v) is 2.89. The highest BCUT2D eigenvalue weighted by Gasteiger charge is 2.33. The number of aliphatic hydroxyl groups excluding tert-OH is 1. The van der Waals surface area contributed by atoms with Crippen LogP contribution in [0.25, 0.3) is 0 Å². The summed E-state index contributed by atoms with van der Waals surface area (Å²) < 4.78 is 10.7. The normalized spacial score (nSPS) is 17.7. The Labute approximate surface area is 125 Å². The second-order valence-corrected chi connectivity index (χ2v) is 5.33. The van der Waals surface area contributed by atoms with E-state index in [9.17, 15) is 5.11 Å². The first-order valence-electron chi connectivity index (χ1n) is 7.28. The lowest BCUT2D eigenvalue weighted by Gasteiger charge is -2.34. The Hall–Kier alpha value is -1.84. The van der Waals surface area contributed by atoms with Crippen molar-refractivity contribution < 1.29 is 14.6 Å². The molecule has 1 aliphatic carbocycles. The molecule has 1 aliphatic rings. The Morgan fingerprint density at radius 1 is 1.10 bits per heavy atom. The number of benzene rings is 2. The minimum Gasteiger partial charge on any atom is -0.491 e. The molecule has 1 N–H and O–H groups in total. The van der Waals surface area contributed by atoms with Gasteiger partial charge in [-0.05, 0) is 23.6 Å². The lowest BCUT2D eigenvalue weighted by Crippen LogP contribution is -2.24. The van der Waals surface area contributed by atoms with Crippen molar-refractivity contribution in [1.82, 2.24) is 0 Å². The van der Waals surface area contributed by atoms with E-state index >= 15 is 0 Å². The van der Waals surface area contributed by atoms with Crippen LogP contribution in [0.4, 0.5) is 0 Å². The summed E-state index contributed by atoms with van der Waals surface area (Å²) in [5.74, 6) is 0.903. The van der Waals surface area contributed by atoms with Crippen molar-refractivity contribution in [3.05, 3.63) is 65.2 Å². The molecule has 2 aromatic rings. The van der Waals surface area contributed by atoms with E-state index in [1.54, 1.807) is 7.11 Å². The van der Waals surface area contributed by atoms with Gasteiger partial charge in [-0.3, -0.25) is 0 Å². The van der Waals surface area contributed by atoms with Gasteiger partial charge in [0, 0.05) is 18.6 Å². The van der Waals surface area contributed by atoms with Crippen LogP contribution in [0.3, 0.4) is 0 Å². The number of para-hydroxylation sites is 1. The van der Waals surface area contributed by atoms with Gasteiger partial charge >= 0.3 is 0 Å². The minimum absolute atomic E-state index is 0.161. The number of aliphatic hydroxyl groups is 1. The van der Waals surface area contributed by atoms with Crippen LogP contribution in [-0.2, 0) is 11.2 Å². The summed E-state index contributed by atoms with van der Waals surface area (Å²) in [7, 11) is 1.65. The third-order valence-electron chi connectivity index (χ3n) is 4.06. The summed E-state index contributed by atoms with van der Waals surface area (Å²) in [5.41, 5.74) is 3.43. The standard InChI is InChI=1S/C18H20O3/c1-20-10-11-21-17-9-5-4-8-15(17)18(19)16-12-13-6-2-3-7-14(13)16/h2-9,16,18-19H,10-12H2,1H3. The molecule has 2 unspecified atom stereocenters. The third-order valence-corrected chi connectivity index (χ3v) is 4.06. The van der Waals surface area contributed by atoms with Gasteiger partial charge in [-0.25, -0.2) is 0 Å². The van der Waals surface area contributed by atoms with E-state index in [1.165, 1.54) is 11.1 Å². The van der Waals surface area contributed by atoms with Crippen molar-refractivity contribution in [1.29, 1.82) is 0 Å². The first-order chi connectivity index (χ1) is 10.3. The Morgan fingerprint density at radius 2 is 1.86 bits per heavy atom. The van der Waals surface area contributed by atoms with E-state index < -0.39 is 6.10 Å². The van der Waals surface area contributed by atoms with Gasteiger partial charge in [0.2, 0.25) is 0 Å². The molecule has 0 heterocycles. The van der Waals surface area contributed by atoms with Crippen molar-refractivity contribution in [3.8, 4) is 5.75 Å². The van der Waals surface area contributed by atoms with E-state index in [-0.39, 0.29) is 5.92 Å². The molecule has 110 valence electrons. The first-order valence-corrected chi connectivity index (χ1v) is 7.28. The molecule has 0 radical (unpaired) electrons. The van der Waals surface area contributed by atoms with E-state index in [2.05, 4.69) is 12.1 Å². The van der Waals surface area contributed by atoms with Crippen molar-refractivity contribution in [2.45, 2.75) is 18.4 Å². The average molecular weight is 284 g/mol. The number of hydrogen-bond acceptors (Lipinski definition) is 3. The molecule has 0 fully saturated rings. The molecule has 3 rings (SSSR count). The zero-order valence-corrected chi connectivity index (χ0v) is 12.2. The van der Waals surface area contributed by atoms with E-state index in [0.29, 0.717) is 13.2 Å². The van der Waals surface area contributed by atoms with Crippen LogP contribution >= 0.6 is 0 Å². The third kappa shape index (κ3) is 2.80. The number of hydrogen-bond donors (Lipinski definition) is 1. The molecule has 2 atom stereocenters. The largest absolute Gasteiger partial charge is 0.491 e. The van der Waals surface area contributed by atoms with Crippen molar-refractivity contribution >= 4 is 0 Å². The molecule has 0 saturated carbocycles. The summed E-state index contributed by atoms with van der Waals surface area (Å²) in [4.78, 5) is 0. The maximum absolute atomic E-state index is 10.7. The molecule has 0 aliphatic heterocycles. The van der Waals surface area contributed by atoms with Crippen LogP contribution in [0.15, 0.2) is 48.5 Å². The van der Waals surface area contributed by atoms with Crippen LogP contribution in [0.2, 0.25) is 0 Å². The zero-order chi connectivity index (χ0) is 14.7. The molecule has 21 heavy (non-hydrogen) atoms. The van der Waals surface area contributed by atoms with Gasteiger partial charge < -0.3 is 14.6 Å². The van der Waals surface area contributed by atoms with Gasteiger partial charge in [0.05, 0.1) is 12.7 Å². The molecule has 0 spiro atoms. The molecule has 0 amide bonds. The lowest BCUT2D eigenvalue weighted by molar-refractivity contribution is 0.121.